The summed E-state index contributed by atoms with van der Waals surface area (Å²) in [6, 6.07) is 16.3. The van der Waals surface area contributed by atoms with Crippen LogP contribution in [-0.4, -0.2) is 22.4 Å². The molecule has 0 bridgehead atoms. The van der Waals surface area contributed by atoms with Gasteiger partial charge in [-0.15, -0.1) is 0 Å². The molecule has 2 heterocycles. The van der Waals surface area contributed by atoms with Gasteiger partial charge in [0.05, 0.1) is 5.52 Å². The summed E-state index contributed by atoms with van der Waals surface area (Å²) in [4.78, 5) is 15.8. The molecular weight excluding hydrogens is 377 g/mol. The third-order valence-corrected chi connectivity index (χ3v) is 5.64. The summed E-state index contributed by atoms with van der Waals surface area (Å²) in [6.45, 7) is 5.41. The Labute approximate surface area is 175 Å². The molecule has 0 radical (unpaired) electrons. The summed E-state index contributed by atoms with van der Waals surface area (Å²) in [5, 5.41) is 4.58. The van der Waals surface area contributed by atoms with E-state index in [1.54, 1.807) is 12.1 Å². The standard InChI is InChI=1S/C25H24FN3O/c1-17-18(2)29(15-19-6-5-9-22(26)14-19)24-23(17)11-13-28-25(24)27-12-10-20-7-3-4-8-21(20)16-30/h3-9,11,13-14,16H,10,12,15H2,1-2H3,(H,27,28). The lowest BCUT2D eigenvalue weighted by Crippen LogP contribution is -2.10. The Bertz CT molecular complexity index is 1210. The number of carbonyl (C=O) groups excluding carboxylic acids is 1. The molecule has 4 rings (SSSR count). The molecule has 0 fully saturated rings. The van der Waals surface area contributed by atoms with Crippen LogP contribution in [0.2, 0.25) is 0 Å². The van der Waals surface area contributed by atoms with Crippen molar-refractivity contribution in [3.05, 3.63) is 94.6 Å². The molecule has 0 aliphatic rings. The number of benzene rings is 2. The van der Waals surface area contributed by atoms with Gasteiger partial charge in [0.15, 0.2) is 5.82 Å². The van der Waals surface area contributed by atoms with Crippen LogP contribution in [0.25, 0.3) is 10.9 Å². The molecule has 2 aromatic carbocycles. The van der Waals surface area contributed by atoms with E-state index >= 15 is 0 Å². The molecule has 4 aromatic rings. The first-order chi connectivity index (χ1) is 14.6. The van der Waals surface area contributed by atoms with Crippen LogP contribution in [0.4, 0.5) is 10.2 Å². The van der Waals surface area contributed by atoms with Crippen molar-refractivity contribution in [2.75, 3.05) is 11.9 Å². The first kappa shape index (κ1) is 19.8. The summed E-state index contributed by atoms with van der Waals surface area (Å²) in [5.74, 6) is 0.562. The molecule has 30 heavy (non-hydrogen) atoms. The lowest BCUT2D eigenvalue weighted by Gasteiger charge is -2.13. The van der Waals surface area contributed by atoms with Crippen molar-refractivity contribution in [2.45, 2.75) is 26.8 Å². The Morgan fingerprint density at radius 3 is 2.73 bits per heavy atom. The zero-order valence-electron chi connectivity index (χ0n) is 17.2. The van der Waals surface area contributed by atoms with Crippen molar-refractivity contribution in [1.82, 2.24) is 9.55 Å². The van der Waals surface area contributed by atoms with Gasteiger partial charge in [-0.1, -0.05) is 36.4 Å². The number of hydrogen-bond acceptors (Lipinski definition) is 3. The zero-order valence-corrected chi connectivity index (χ0v) is 17.2. The number of hydrogen-bond donors (Lipinski definition) is 1. The van der Waals surface area contributed by atoms with Crippen LogP contribution < -0.4 is 5.32 Å². The lowest BCUT2D eigenvalue weighted by molar-refractivity contribution is 0.112. The molecule has 0 aliphatic carbocycles. The van der Waals surface area contributed by atoms with Crippen molar-refractivity contribution < 1.29 is 9.18 Å². The van der Waals surface area contributed by atoms with E-state index in [2.05, 4.69) is 28.7 Å². The number of nitrogens with zero attached hydrogens (tertiary/aromatic N) is 2. The number of pyridine rings is 1. The van der Waals surface area contributed by atoms with Gasteiger partial charge in [0, 0.05) is 35.9 Å². The molecule has 0 spiro atoms. The lowest BCUT2D eigenvalue weighted by atomic mass is 10.1. The zero-order chi connectivity index (χ0) is 21.1. The number of aldehydes is 1. The molecule has 5 heteroatoms. The van der Waals surface area contributed by atoms with Gasteiger partial charge in [0.1, 0.15) is 12.1 Å². The summed E-state index contributed by atoms with van der Waals surface area (Å²) in [6.07, 6.45) is 3.42. The molecule has 4 nitrogen and oxygen atoms in total. The Balaban J connectivity index is 1.65. The number of aryl methyl sites for hydroxylation is 1. The van der Waals surface area contributed by atoms with Crippen molar-refractivity contribution in [1.29, 1.82) is 0 Å². The molecule has 0 saturated heterocycles. The van der Waals surface area contributed by atoms with Gasteiger partial charge in [-0.05, 0) is 55.2 Å². The normalized spacial score (nSPS) is 11.0. The van der Waals surface area contributed by atoms with Gasteiger partial charge in [0.2, 0.25) is 0 Å². The topological polar surface area (TPSA) is 46.9 Å². The Morgan fingerprint density at radius 2 is 1.93 bits per heavy atom. The predicted molar refractivity (Wildman–Crippen MR) is 119 cm³/mol. The van der Waals surface area contributed by atoms with E-state index in [1.807, 2.05) is 42.6 Å². The van der Waals surface area contributed by atoms with Crippen molar-refractivity contribution in [3.8, 4) is 0 Å². The van der Waals surface area contributed by atoms with Crippen LogP contribution >= 0.6 is 0 Å². The van der Waals surface area contributed by atoms with Crippen molar-refractivity contribution in [3.63, 3.8) is 0 Å². The number of fused-ring (bicyclic) bond motifs is 1. The molecule has 0 atom stereocenters. The van der Waals surface area contributed by atoms with Crippen molar-refractivity contribution in [2.24, 2.45) is 0 Å². The minimum absolute atomic E-state index is 0.233. The van der Waals surface area contributed by atoms with E-state index in [1.165, 1.54) is 11.6 Å². The fourth-order valence-corrected chi connectivity index (χ4v) is 3.93. The van der Waals surface area contributed by atoms with E-state index < -0.39 is 0 Å². The van der Waals surface area contributed by atoms with Crippen molar-refractivity contribution >= 4 is 23.0 Å². The van der Waals surface area contributed by atoms with Gasteiger partial charge in [-0.3, -0.25) is 4.79 Å². The third-order valence-electron chi connectivity index (χ3n) is 5.64. The van der Waals surface area contributed by atoms with Crippen LogP contribution in [0.15, 0.2) is 60.8 Å². The number of halogens is 1. The summed E-state index contributed by atoms with van der Waals surface area (Å²) in [5.41, 5.74) is 5.97. The number of aromatic nitrogens is 2. The van der Waals surface area contributed by atoms with Gasteiger partial charge in [-0.25, -0.2) is 9.37 Å². The highest BCUT2D eigenvalue weighted by atomic mass is 19.1. The van der Waals surface area contributed by atoms with Gasteiger partial charge >= 0.3 is 0 Å². The largest absolute Gasteiger partial charge is 0.368 e. The highest BCUT2D eigenvalue weighted by Crippen LogP contribution is 2.30. The molecule has 152 valence electrons. The second kappa shape index (κ2) is 8.49. The summed E-state index contributed by atoms with van der Waals surface area (Å²) < 4.78 is 15.9. The number of anilines is 1. The van der Waals surface area contributed by atoms with Crippen LogP contribution in [0.3, 0.4) is 0 Å². The molecule has 0 saturated carbocycles. The van der Waals surface area contributed by atoms with Gasteiger partial charge in [-0.2, -0.15) is 0 Å². The average Bonchev–Trinajstić information content (AvgIpc) is 3.00. The molecule has 2 aromatic heterocycles. The minimum Gasteiger partial charge on any atom is -0.368 e. The van der Waals surface area contributed by atoms with E-state index in [4.69, 9.17) is 0 Å². The number of carbonyl (C=O) groups is 1. The first-order valence-corrected chi connectivity index (χ1v) is 10.0. The van der Waals surface area contributed by atoms with Gasteiger partial charge < -0.3 is 9.88 Å². The third kappa shape index (κ3) is 3.83. The molecule has 0 unspecified atom stereocenters. The Morgan fingerprint density at radius 1 is 1.10 bits per heavy atom. The fourth-order valence-electron chi connectivity index (χ4n) is 3.93. The maximum Gasteiger partial charge on any atom is 0.150 e. The highest BCUT2D eigenvalue weighted by Gasteiger charge is 2.15. The van der Waals surface area contributed by atoms with Gasteiger partial charge in [0.25, 0.3) is 0 Å². The Hall–Kier alpha value is -3.47. The Kier molecular flexibility index (Phi) is 5.61. The maximum absolute atomic E-state index is 13.7. The molecule has 1 N–H and O–H groups in total. The van der Waals surface area contributed by atoms with E-state index in [0.717, 1.165) is 46.2 Å². The summed E-state index contributed by atoms with van der Waals surface area (Å²) >= 11 is 0. The molecule has 0 aliphatic heterocycles. The van der Waals surface area contributed by atoms with Crippen LogP contribution in [0, 0.1) is 19.7 Å². The van der Waals surface area contributed by atoms with E-state index in [9.17, 15) is 9.18 Å². The van der Waals surface area contributed by atoms with E-state index in [0.29, 0.717) is 18.7 Å². The van der Waals surface area contributed by atoms with E-state index in [-0.39, 0.29) is 5.82 Å². The fraction of sp³-hybridized carbons (Fsp3) is 0.200. The summed E-state index contributed by atoms with van der Waals surface area (Å²) in [7, 11) is 0. The minimum atomic E-state index is -0.233. The SMILES string of the molecule is Cc1c(C)n(Cc2cccc(F)c2)c2c(NCCc3ccccc3C=O)nccc12. The monoisotopic (exact) mass is 401 g/mol. The van der Waals surface area contributed by atoms with Crippen LogP contribution in [-0.2, 0) is 13.0 Å². The quantitative estimate of drug-likeness (QED) is 0.427. The second-order valence-electron chi connectivity index (χ2n) is 7.48. The van der Waals surface area contributed by atoms with Crippen LogP contribution in [0.5, 0.6) is 0 Å². The number of nitrogens with one attached hydrogen (secondary N) is 1. The second-order valence-corrected chi connectivity index (χ2v) is 7.48. The number of rotatable bonds is 7. The molecule has 0 amide bonds. The smallest absolute Gasteiger partial charge is 0.150 e. The molecular formula is C25H24FN3O. The average molecular weight is 401 g/mol. The highest BCUT2D eigenvalue weighted by molar-refractivity contribution is 5.93. The predicted octanol–water partition coefficient (Wildman–Crippen LogP) is 5.31. The maximum atomic E-state index is 13.7. The first-order valence-electron chi connectivity index (χ1n) is 10.0. The van der Waals surface area contributed by atoms with Crippen LogP contribution in [0.1, 0.15) is 32.7 Å².